The first-order valence-corrected chi connectivity index (χ1v) is 48.4. The summed E-state index contributed by atoms with van der Waals surface area (Å²) in [5.41, 5.74) is 36.7. The third-order valence-electron chi connectivity index (χ3n) is 28.7. The molecule has 0 N–H and O–H groups in total. The molecule has 25 aromatic rings. The van der Waals surface area contributed by atoms with Crippen molar-refractivity contribution in [1.29, 1.82) is 0 Å². The van der Waals surface area contributed by atoms with Gasteiger partial charge in [-0.2, -0.15) is 0 Å². The molecule has 3 aliphatic rings. The van der Waals surface area contributed by atoms with Crippen molar-refractivity contribution in [3.05, 3.63) is 469 Å². The molecule has 12 heterocycles. The van der Waals surface area contributed by atoms with Crippen molar-refractivity contribution < 1.29 is 4.42 Å². The largest absolute Gasteiger partial charge is 0.458 e. The molecule has 0 fully saturated rings. The summed E-state index contributed by atoms with van der Waals surface area (Å²) in [5.74, 6) is 3.62. The maximum atomic E-state index is 6.57. The van der Waals surface area contributed by atoms with Crippen molar-refractivity contribution in [1.82, 2.24) is 48.2 Å². The SMILES string of the molecule is CC1(C)c2cccc3c4cc(-c5nc(-c6cccc(-c7ccccc7)c6)nc(-c6cccc(-c7ccccc7)c6)n5)ccc4n(c23)-c2ccn(-c3ccccc3)c21.CC1(C)c2oc3ccccc3c2-n2c3ccc(-c4nc(-c5ccccc5)cc(-c5ccccc5)n4)cc3c3cccc1c32.CC1(C)c2sccc2-n2c3ccc(-c4cc(-c5ccccc5)nc(-c5ccccc5)c4)cc3c3cccc1c32. The minimum atomic E-state index is -0.279. The number of rotatable bonds is 12. The highest BCUT2D eigenvalue weighted by atomic mass is 32.1. The Hall–Kier alpha value is -17.3. The van der Waals surface area contributed by atoms with E-state index in [1.807, 2.05) is 41.7 Å². The number of thiophene rings is 1. The number of hydrogen-bond acceptors (Lipinski definition) is 8. The van der Waals surface area contributed by atoms with Gasteiger partial charge in [-0.15, -0.1) is 11.3 Å². The van der Waals surface area contributed by atoms with E-state index in [4.69, 9.17) is 34.3 Å². The molecule has 0 spiro atoms. The zero-order valence-electron chi connectivity index (χ0n) is 77.4. The zero-order chi connectivity index (χ0) is 92.9. The van der Waals surface area contributed by atoms with Crippen LogP contribution in [0.1, 0.15) is 74.6 Å². The van der Waals surface area contributed by atoms with Crippen LogP contribution in [0.5, 0.6) is 0 Å². The molecule has 0 radical (unpaired) electrons. The van der Waals surface area contributed by atoms with E-state index in [-0.39, 0.29) is 16.2 Å². The van der Waals surface area contributed by atoms with E-state index < -0.39 is 0 Å². The molecule has 3 aliphatic heterocycles. The summed E-state index contributed by atoms with van der Waals surface area (Å²) in [6.07, 6.45) is 2.22. The molecule has 0 atom stereocenters. The number of aromatic nitrogens is 10. The molecular weight excluding hydrogens is 1710 g/mol. The highest BCUT2D eigenvalue weighted by Gasteiger charge is 2.42. The van der Waals surface area contributed by atoms with Gasteiger partial charge in [-0.25, -0.2) is 29.9 Å². The second kappa shape index (κ2) is 32.5. The van der Waals surface area contributed by atoms with Crippen molar-refractivity contribution in [2.24, 2.45) is 0 Å². The minimum Gasteiger partial charge on any atom is -0.458 e. The van der Waals surface area contributed by atoms with Gasteiger partial charge >= 0.3 is 0 Å². The Bertz CT molecular complexity index is 8990. The van der Waals surface area contributed by atoms with Crippen molar-refractivity contribution >= 4 is 87.7 Å². The predicted octanol–water partition coefficient (Wildman–Crippen LogP) is 32.6. The number of furan rings is 1. The smallest absolute Gasteiger partial charge is 0.164 e. The van der Waals surface area contributed by atoms with Gasteiger partial charge in [0.05, 0.1) is 84.0 Å². The molecule has 12 heteroatoms. The first-order valence-electron chi connectivity index (χ1n) is 47.5. The van der Waals surface area contributed by atoms with Crippen molar-refractivity contribution in [3.8, 4) is 147 Å². The number of hydrogen-bond donors (Lipinski definition) is 0. The molecule has 0 aliphatic carbocycles. The van der Waals surface area contributed by atoms with Crippen LogP contribution in [0.15, 0.2) is 441 Å². The Morgan fingerprint density at radius 2 is 0.604 bits per heavy atom. The van der Waals surface area contributed by atoms with Crippen LogP contribution in [0.2, 0.25) is 0 Å². The maximum Gasteiger partial charge on any atom is 0.164 e. The topological polar surface area (TPSA) is 110 Å². The summed E-state index contributed by atoms with van der Waals surface area (Å²) < 4.78 is 16.3. The Morgan fingerprint density at radius 3 is 1.10 bits per heavy atom. The van der Waals surface area contributed by atoms with E-state index in [0.717, 1.165) is 129 Å². The van der Waals surface area contributed by atoms with Gasteiger partial charge in [0.15, 0.2) is 23.3 Å². The van der Waals surface area contributed by atoms with Gasteiger partial charge in [0.2, 0.25) is 0 Å². The van der Waals surface area contributed by atoms with Crippen LogP contribution in [0.3, 0.4) is 0 Å². The predicted molar refractivity (Wildman–Crippen MR) is 572 cm³/mol. The molecule has 0 unspecified atom stereocenters. The van der Waals surface area contributed by atoms with Gasteiger partial charge in [0.25, 0.3) is 0 Å². The standard InChI is InChI=1S/C52H37N5.C39H27N3O.C36H26N2S/c1-52(2)44-26-14-25-42-43-33-40(27-28-45(43)57(47(42)44)46-29-30-56(48(46)52)41-23-10-5-11-24-41)51-54-49(38-21-12-19-36(31-38)34-15-6-3-7-16-34)53-50(55-51)39-22-13-20-37(32-39)35-17-8-4-9-18-35;1-39(2)30-18-11-17-27-29-22-26(20-21-33(29)42(35(27)30)36-28-16-9-10-19-34(28)43-37(36)39)38-40-31(24-12-5-3-6-13-24)23-32(41-38)25-14-7-4-8-15-25;1-36(2)29-15-9-14-27-28-20-25(16-17-32(28)38(34(27)29)33-18-19-39-35(33)36)26-21-30(23-10-5-3-6-11-23)37-31(22-26)24-12-7-4-8-13-24/h3-33H,1-2H3;3-23H,1-2H3;3-22H,1-2H3. The minimum absolute atomic E-state index is 0.0174. The van der Waals surface area contributed by atoms with Crippen LogP contribution in [0.25, 0.3) is 223 Å². The van der Waals surface area contributed by atoms with Gasteiger partial charge < -0.3 is 22.7 Å². The Kier molecular flexibility index (Phi) is 19.2. The second-order valence-electron chi connectivity index (χ2n) is 38.1. The lowest BCUT2D eigenvalue weighted by Gasteiger charge is -2.34. The highest BCUT2D eigenvalue weighted by Crippen LogP contribution is 2.55. The number of para-hydroxylation sites is 5. The molecular formula is C127H90N10OS. The molecule has 9 aromatic heterocycles. The van der Waals surface area contributed by atoms with Gasteiger partial charge in [0, 0.05) is 110 Å². The summed E-state index contributed by atoms with van der Waals surface area (Å²) in [7, 11) is 0. The molecule has 0 bridgehead atoms. The number of fused-ring (bicyclic) bond motifs is 17. The number of pyridine rings is 1. The van der Waals surface area contributed by atoms with E-state index in [0.29, 0.717) is 23.3 Å². The van der Waals surface area contributed by atoms with E-state index >= 15 is 0 Å². The first-order chi connectivity index (χ1) is 68.2. The molecule has 0 amide bonds. The molecule has 11 nitrogen and oxygen atoms in total. The Morgan fingerprint density at radius 1 is 0.245 bits per heavy atom. The quantitative estimate of drug-likeness (QED) is 0.120. The van der Waals surface area contributed by atoms with E-state index in [1.54, 1.807) is 0 Å². The summed E-state index contributed by atoms with van der Waals surface area (Å²) in [5, 5.41) is 10.8. The first kappa shape index (κ1) is 82.4. The lowest BCUT2D eigenvalue weighted by atomic mass is 9.78. The molecule has 0 saturated heterocycles. The van der Waals surface area contributed by atoms with E-state index in [9.17, 15) is 0 Å². The average Bonchev–Trinajstić information content (AvgIpc) is 1.52. The second-order valence-corrected chi connectivity index (χ2v) is 39.0. The van der Waals surface area contributed by atoms with Crippen LogP contribution in [0, 0.1) is 0 Å². The fourth-order valence-corrected chi connectivity index (χ4v) is 23.0. The third-order valence-corrected chi connectivity index (χ3v) is 29.9. The van der Waals surface area contributed by atoms with Crippen molar-refractivity contribution in [2.75, 3.05) is 0 Å². The van der Waals surface area contributed by atoms with E-state index in [2.05, 4.69) is 466 Å². The van der Waals surface area contributed by atoms with Crippen LogP contribution < -0.4 is 0 Å². The number of benzene rings is 16. The molecule has 16 aromatic carbocycles. The van der Waals surface area contributed by atoms with Crippen LogP contribution in [-0.4, -0.2) is 48.2 Å². The van der Waals surface area contributed by atoms with Crippen LogP contribution in [0.4, 0.5) is 0 Å². The maximum absolute atomic E-state index is 6.57. The summed E-state index contributed by atoms with van der Waals surface area (Å²) in [6, 6.07) is 150. The highest BCUT2D eigenvalue weighted by molar-refractivity contribution is 7.10. The Labute approximate surface area is 808 Å². The summed E-state index contributed by atoms with van der Waals surface area (Å²) in [4.78, 5) is 32.3. The van der Waals surface area contributed by atoms with Gasteiger partial charge in [-0.1, -0.05) is 337 Å². The molecule has 0 saturated carbocycles. The molecule has 139 heavy (non-hydrogen) atoms. The zero-order valence-corrected chi connectivity index (χ0v) is 78.2. The van der Waals surface area contributed by atoms with Gasteiger partial charge in [-0.05, 0) is 185 Å². The lowest BCUT2D eigenvalue weighted by Crippen LogP contribution is -2.28. The fourth-order valence-electron chi connectivity index (χ4n) is 21.9. The monoisotopic (exact) mass is 1800 g/mol. The van der Waals surface area contributed by atoms with Crippen molar-refractivity contribution in [2.45, 2.75) is 57.8 Å². The summed E-state index contributed by atoms with van der Waals surface area (Å²) in [6.45, 7) is 13.9. The molecule has 28 rings (SSSR count). The average molecular weight is 1800 g/mol. The fraction of sp³-hybridized carbons (Fsp3) is 0.0709. The van der Waals surface area contributed by atoms with Gasteiger partial charge in [-0.3, -0.25) is 0 Å². The van der Waals surface area contributed by atoms with Crippen molar-refractivity contribution in [3.63, 3.8) is 0 Å². The normalized spacial score (nSPS) is 13.3. The number of nitrogens with zero attached hydrogens (tertiary/aromatic N) is 10. The van der Waals surface area contributed by atoms with Gasteiger partial charge in [0.1, 0.15) is 11.3 Å². The summed E-state index contributed by atoms with van der Waals surface area (Å²) >= 11 is 1.86. The van der Waals surface area contributed by atoms with Crippen LogP contribution in [-0.2, 0) is 16.2 Å². The third kappa shape index (κ3) is 13.6. The molecule has 660 valence electrons. The van der Waals surface area contributed by atoms with E-state index in [1.165, 1.54) is 104 Å². The lowest BCUT2D eigenvalue weighted by molar-refractivity contribution is 0.448. The Balaban J connectivity index is 0.000000110. The van der Waals surface area contributed by atoms with Crippen LogP contribution >= 0.6 is 11.3 Å².